The Kier molecular flexibility index (Phi) is 9.76. The predicted octanol–water partition coefficient (Wildman–Crippen LogP) is 13.7. The molecule has 0 atom stereocenters. The molecule has 0 fully saturated rings. The Labute approximate surface area is 340 Å². The minimum absolute atomic E-state index is 0. The molecule has 0 radical (unpaired) electrons. The summed E-state index contributed by atoms with van der Waals surface area (Å²) in [5.41, 5.74) is 8.12. The van der Waals surface area contributed by atoms with Crippen molar-refractivity contribution in [3.05, 3.63) is 184 Å². The largest absolute Gasteiger partial charge is 4.00 e. The van der Waals surface area contributed by atoms with Gasteiger partial charge in [0.2, 0.25) is 0 Å². The van der Waals surface area contributed by atoms with Crippen LogP contribution in [-0.4, -0.2) is 8.07 Å². The van der Waals surface area contributed by atoms with E-state index in [1.807, 2.05) is 0 Å². The first-order valence-corrected chi connectivity index (χ1v) is 21.1. The quantitative estimate of drug-likeness (QED) is 0.0947. The van der Waals surface area contributed by atoms with Crippen molar-refractivity contribution in [1.82, 2.24) is 0 Å². The Morgan fingerprint density at radius 3 is 1.20 bits per heavy atom. The van der Waals surface area contributed by atoms with E-state index in [9.17, 15) is 0 Å². The standard InChI is InChI=1S/C50H38Si.2CH3.Zr/c1-31-29-37-17-11-23-43(49(37)45(31)41-21-9-15-35-27-25-33-13-5-7-19-39(33)47(35)41)51(3,4)44-24-12-18-38-30-32(2)46(50(38)44)42-22-10-16-36-28-26-34-14-6-8-20-40(34)48(36)42;;;/h5-30H,1-4H3;2*1H3;/q-2;2*-1;+4. The van der Waals surface area contributed by atoms with E-state index in [-0.39, 0.29) is 41.1 Å². The molecule has 0 unspecified atom stereocenters. The molecule has 0 aliphatic rings. The second-order valence-electron chi connectivity index (χ2n) is 15.0. The Bertz CT molecular complexity index is 2820. The van der Waals surface area contributed by atoms with E-state index in [0.29, 0.717) is 0 Å². The van der Waals surface area contributed by atoms with Gasteiger partial charge in [-0.1, -0.05) is 170 Å². The van der Waals surface area contributed by atoms with Crippen molar-refractivity contribution in [2.75, 3.05) is 0 Å². The molecule has 0 saturated carbocycles. The first kappa shape index (κ1) is 37.4. The molecule has 260 valence electrons. The van der Waals surface area contributed by atoms with Gasteiger partial charge in [0.1, 0.15) is 0 Å². The molecule has 0 amide bonds. The van der Waals surface area contributed by atoms with Gasteiger partial charge in [-0.25, -0.2) is 0 Å². The minimum Gasteiger partial charge on any atom is -0.358 e. The van der Waals surface area contributed by atoms with Gasteiger partial charge in [-0.15, -0.1) is 80.2 Å². The molecule has 0 bridgehead atoms. The van der Waals surface area contributed by atoms with Crippen LogP contribution in [0.2, 0.25) is 13.1 Å². The molecule has 0 aliphatic carbocycles. The van der Waals surface area contributed by atoms with Gasteiger partial charge in [0.15, 0.2) is 0 Å². The van der Waals surface area contributed by atoms with Crippen molar-refractivity contribution in [2.24, 2.45) is 0 Å². The van der Waals surface area contributed by atoms with Crippen LogP contribution in [0.15, 0.2) is 158 Å². The maximum Gasteiger partial charge on any atom is 4.00 e. The first-order valence-electron chi connectivity index (χ1n) is 18.1. The molecular formula is C52H44SiZr. The second kappa shape index (κ2) is 14.1. The Morgan fingerprint density at radius 1 is 0.389 bits per heavy atom. The van der Waals surface area contributed by atoms with Gasteiger partial charge >= 0.3 is 26.2 Å². The molecule has 2 heteroatoms. The van der Waals surface area contributed by atoms with Crippen LogP contribution in [0.5, 0.6) is 0 Å². The smallest absolute Gasteiger partial charge is 0.358 e. The number of benzene rings is 8. The Morgan fingerprint density at radius 2 is 0.759 bits per heavy atom. The summed E-state index contributed by atoms with van der Waals surface area (Å²) in [6.45, 7) is 9.77. The van der Waals surface area contributed by atoms with Crippen molar-refractivity contribution in [1.29, 1.82) is 0 Å². The van der Waals surface area contributed by atoms with Gasteiger partial charge < -0.3 is 14.9 Å². The van der Waals surface area contributed by atoms with E-state index >= 15 is 0 Å². The summed E-state index contributed by atoms with van der Waals surface area (Å²) in [7, 11) is -2.33. The van der Waals surface area contributed by atoms with E-state index in [4.69, 9.17) is 0 Å². The number of rotatable bonds is 4. The zero-order valence-corrected chi connectivity index (χ0v) is 35.5. The molecule has 0 saturated heterocycles. The van der Waals surface area contributed by atoms with Gasteiger partial charge in [0.05, 0.1) is 8.07 Å². The maximum atomic E-state index is 2.58. The fourth-order valence-electron chi connectivity index (χ4n) is 9.36. The van der Waals surface area contributed by atoms with Gasteiger partial charge in [0.25, 0.3) is 0 Å². The third-order valence-electron chi connectivity index (χ3n) is 11.6. The molecule has 0 N–H and O–H groups in total. The van der Waals surface area contributed by atoms with E-state index in [0.717, 1.165) is 0 Å². The van der Waals surface area contributed by atoms with Gasteiger partial charge in [-0.3, -0.25) is 0 Å². The fourth-order valence-corrected chi connectivity index (χ4v) is 12.5. The Hall–Kier alpha value is -4.88. The normalized spacial score (nSPS) is 11.6. The van der Waals surface area contributed by atoms with Crippen molar-refractivity contribution in [3.63, 3.8) is 0 Å². The fraction of sp³-hybridized carbons (Fsp3) is 0.0769. The van der Waals surface area contributed by atoms with Crippen molar-refractivity contribution < 1.29 is 26.2 Å². The van der Waals surface area contributed by atoms with Gasteiger partial charge in [0, 0.05) is 0 Å². The van der Waals surface area contributed by atoms with Crippen LogP contribution in [0, 0.1) is 28.7 Å². The van der Waals surface area contributed by atoms with Crippen LogP contribution in [0.3, 0.4) is 0 Å². The van der Waals surface area contributed by atoms with E-state index in [2.05, 4.69) is 185 Å². The number of aryl methyl sites for hydroxylation is 2. The topological polar surface area (TPSA) is 0 Å². The zero-order chi connectivity index (χ0) is 34.4. The van der Waals surface area contributed by atoms with Crippen molar-refractivity contribution >= 4 is 83.1 Å². The minimum atomic E-state index is -2.33. The van der Waals surface area contributed by atoms with E-state index < -0.39 is 8.07 Å². The van der Waals surface area contributed by atoms with Gasteiger partial charge in [-0.05, 0) is 43.1 Å². The SMILES string of the molecule is Cc1[cH-]c2cccc([Si](C)(C)c3cccc4[cH-]c(C)c(-c5cccc6ccc7ccccc7c56)c34)c2c1-c1cccc2ccc3ccccc3c12.[CH3-].[CH3-].[Zr+4]. The summed E-state index contributed by atoms with van der Waals surface area (Å²) in [4.78, 5) is 0. The van der Waals surface area contributed by atoms with Crippen molar-refractivity contribution in [3.8, 4) is 22.3 Å². The Balaban J connectivity index is 0.00000150. The molecule has 10 aromatic rings. The molecule has 0 heterocycles. The van der Waals surface area contributed by atoms with Crippen molar-refractivity contribution in [2.45, 2.75) is 26.9 Å². The molecule has 54 heavy (non-hydrogen) atoms. The third-order valence-corrected chi connectivity index (χ3v) is 15.2. The van der Waals surface area contributed by atoms with Crippen LogP contribution in [-0.2, 0) is 26.2 Å². The third kappa shape index (κ3) is 5.49. The maximum absolute atomic E-state index is 2.58. The molecule has 10 aromatic carbocycles. The van der Waals surface area contributed by atoms with Crippen LogP contribution in [0.1, 0.15) is 11.1 Å². The number of hydrogen-bond acceptors (Lipinski definition) is 0. The summed E-state index contributed by atoms with van der Waals surface area (Å²) < 4.78 is 0. The molecule has 0 aromatic heterocycles. The summed E-state index contributed by atoms with van der Waals surface area (Å²) in [6, 6.07) is 59.5. The molecule has 0 nitrogen and oxygen atoms in total. The summed E-state index contributed by atoms with van der Waals surface area (Å²) in [5.74, 6) is 0. The summed E-state index contributed by atoms with van der Waals surface area (Å²) in [6.07, 6.45) is 0. The predicted molar refractivity (Wildman–Crippen MR) is 239 cm³/mol. The van der Waals surface area contributed by atoms with Crippen LogP contribution in [0.25, 0.3) is 86.9 Å². The molecular weight excluding hydrogens is 744 g/mol. The molecule has 0 aliphatic heterocycles. The first-order chi connectivity index (χ1) is 24.9. The van der Waals surface area contributed by atoms with Gasteiger partial charge in [-0.2, -0.15) is 0 Å². The van der Waals surface area contributed by atoms with Crippen LogP contribution >= 0.6 is 0 Å². The average molecular weight is 788 g/mol. The van der Waals surface area contributed by atoms with Crippen LogP contribution < -0.4 is 10.4 Å². The summed E-state index contributed by atoms with van der Waals surface area (Å²) >= 11 is 0. The average Bonchev–Trinajstić information content (AvgIpc) is 3.68. The summed E-state index contributed by atoms with van der Waals surface area (Å²) in [5, 5.41) is 19.0. The number of fused-ring (bicyclic) bond motifs is 8. The molecule has 0 spiro atoms. The zero-order valence-electron chi connectivity index (χ0n) is 32.0. The van der Waals surface area contributed by atoms with E-state index in [1.165, 1.54) is 108 Å². The number of hydrogen-bond donors (Lipinski definition) is 0. The monoisotopic (exact) mass is 786 g/mol. The molecule has 10 rings (SSSR count). The second-order valence-corrected chi connectivity index (χ2v) is 19.3. The van der Waals surface area contributed by atoms with E-state index in [1.54, 1.807) is 0 Å². The van der Waals surface area contributed by atoms with Crippen LogP contribution in [0.4, 0.5) is 0 Å².